The van der Waals surface area contributed by atoms with Gasteiger partial charge in [-0.25, -0.2) is 9.97 Å². The molecule has 0 bridgehead atoms. The Labute approximate surface area is 101 Å². The van der Waals surface area contributed by atoms with Crippen LogP contribution in [0.4, 0.5) is 0 Å². The second-order valence-corrected chi connectivity index (χ2v) is 3.80. The molecule has 0 unspecified atom stereocenters. The molecule has 0 aromatic carbocycles. The van der Waals surface area contributed by atoms with Crippen LogP contribution in [0.1, 0.15) is 5.82 Å². The fourth-order valence-corrected chi connectivity index (χ4v) is 1.62. The summed E-state index contributed by atoms with van der Waals surface area (Å²) in [5, 5.41) is 0. The first kappa shape index (κ1) is 11.0. The molecule has 7 heteroatoms. The number of hydrogen-bond donors (Lipinski definition) is 1. The predicted molar refractivity (Wildman–Crippen MR) is 61.3 cm³/mol. The van der Waals surface area contributed by atoms with Crippen LogP contribution in [0.2, 0.25) is 0 Å². The van der Waals surface area contributed by atoms with Gasteiger partial charge in [0.05, 0.1) is 24.3 Å². The number of ether oxygens (including phenoxy) is 1. The molecule has 0 saturated heterocycles. The molecule has 2 aromatic rings. The maximum Gasteiger partial charge on any atom is 0.238 e. The maximum absolute atomic E-state index is 5.55. The Morgan fingerprint density at radius 3 is 3.00 bits per heavy atom. The van der Waals surface area contributed by atoms with Crippen molar-refractivity contribution in [2.45, 2.75) is 6.54 Å². The van der Waals surface area contributed by atoms with Crippen molar-refractivity contribution in [2.24, 2.45) is 5.73 Å². The average Bonchev–Trinajstić information content (AvgIpc) is 2.78. The van der Waals surface area contributed by atoms with Crippen LogP contribution < -0.4 is 10.5 Å². The molecular formula is C9H10BrN5O. The van der Waals surface area contributed by atoms with Gasteiger partial charge in [0.25, 0.3) is 0 Å². The largest absolute Gasteiger partial charge is 0.480 e. The second-order valence-electron chi connectivity index (χ2n) is 2.94. The van der Waals surface area contributed by atoms with E-state index >= 15 is 0 Å². The highest BCUT2D eigenvalue weighted by Gasteiger charge is 2.09. The molecular weight excluding hydrogens is 274 g/mol. The molecule has 2 N–H and O–H groups in total. The number of halogens is 1. The van der Waals surface area contributed by atoms with E-state index in [1.54, 1.807) is 30.3 Å². The summed E-state index contributed by atoms with van der Waals surface area (Å²) in [6.07, 6.45) is 5.03. The topological polar surface area (TPSA) is 78.8 Å². The van der Waals surface area contributed by atoms with Crippen LogP contribution in [0.15, 0.2) is 23.1 Å². The van der Waals surface area contributed by atoms with E-state index in [9.17, 15) is 0 Å². The van der Waals surface area contributed by atoms with Crippen LogP contribution in [0.3, 0.4) is 0 Å². The third-order valence-corrected chi connectivity index (χ3v) is 2.55. The Kier molecular flexibility index (Phi) is 3.16. The summed E-state index contributed by atoms with van der Waals surface area (Å²) in [7, 11) is 1.55. The Bertz CT molecular complexity index is 498. The van der Waals surface area contributed by atoms with E-state index < -0.39 is 0 Å². The lowest BCUT2D eigenvalue weighted by Gasteiger charge is -2.06. The second kappa shape index (κ2) is 4.58. The molecule has 2 heterocycles. The molecule has 16 heavy (non-hydrogen) atoms. The fraction of sp³-hybridized carbons (Fsp3) is 0.222. The highest BCUT2D eigenvalue weighted by Crippen LogP contribution is 2.21. The van der Waals surface area contributed by atoms with E-state index in [2.05, 4.69) is 30.9 Å². The molecule has 0 aliphatic rings. The molecule has 0 spiro atoms. The van der Waals surface area contributed by atoms with E-state index in [4.69, 9.17) is 10.5 Å². The van der Waals surface area contributed by atoms with Crippen LogP contribution in [-0.4, -0.2) is 26.6 Å². The Balaban J connectivity index is 2.48. The number of nitrogens with zero attached hydrogens (tertiary/aromatic N) is 4. The molecule has 2 rings (SSSR count). The molecule has 0 fully saturated rings. The quantitative estimate of drug-likeness (QED) is 0.905. The van der Waals surface area contributed by atoms with Crippen LogP contribution >= 0.6 is 15.9 Å². The van der Waals surface area contributed by atoms with Gasteiger partial charge in [0.1, 0.15) is 5.82 Å². The van der Waals surface area contributed by atoms with Crippen molar-refractivity contribution < 1.29 is 4.74 Å². The molecule has 0 atom stereocenters. The van der Waals surface area contributed by atoms with Gasteiger partial charge in [-0.1, -0.05) is 0 Å². The molecule has 0 saturated carbocycles. The monoisotopic (exact) mass is 283 g/mol. The van der Waals surface area contributed by atoms with Crippen LogP contribution in [0.25, 0.3) is 5.95 Å². The lowest BCUT2D eigenvalue weighted by molar-refractivity contribution is 0.393. The van der Waals surface area contributed by atoms with Gasteiger partial charge < -0.3 is 10.5 Å². The number of imidazole rings is 1. The first-order valence-electron chi connectivity index (χ1n) is 4.55. The minimum Gasteiger partial charge on any atom is -0.480 e. The van der Waals surface area contributed by atoms with Gasteiger partial charge in [-0.15, -0.1) is 0 Å². The third kappa shape index (κ3) is 1.91. The minimum atomic E-state index is 0.328. The number of aromatic nitrogens is 4. The average molecular weight is 284 g/mol. The molecule has 0 aliphatic carbocycles. The van der Waals surface area contributed by atoms with Crippen LogP contribution in [-0.2, 0) is 6.54 Å². The number of rotatable bonds is 3. The fourth-order valence-electron chi connectivity index (χ4n) is 1.27. The van der Waals surface area contributed by atoms with Gasteiger partial charge in [-0.2, -0.15) is 4.98 Å². The molecule has 0 radical (unpaired) electrons. The van der Waals surface area contributed by atoms with Gasteiger partial charge in [-0.05, 0) is 15.9 Å². The van der Waals surface area contributed by atoms with Gasteiger partial charge in [0, 0.05) is 12.4 Å². The van der Waals surface area contributed by atoms with E-state index in [-0.39, 0.29) is 0 Å². The van der Waals surface area contributed by atoms with Crippen LogP contribution in [0.5, 0.6) is 5.88 Å². The molecule has 6 nitrogen and oxygen atoms in total. The van der Waals surface area contributed by atoms with Crippen molar-refractivity contribution >= 4 is 15.9 Å². The van der Waals surface area contributed by atoms with Gasteiger partial charge in [0.15, 0.2) is 0 Å². The summed E-state index contributed by atoms with van der Waals surface area (Å²) in [4.78, 5) is 12.5. The Morgan fingerprint density at radius 2 is 2.31 bits per heavy atom. The first-order chi connectivity index (χ1) is 7.76. The summed E-state index contributed by atoms with van der Waals surface area (Å²) in [6, 6.07) is 0. The van der Waals surface area contributed by atoms with Crippen LogP contribution in [0, 0.1) is 0 Å². The number of hydrogen-bond acceptors (Lipinski definition) is 5. The third-order valence-electron chi connectivity index (χ3n) is 2.01. The SMILES string of the molecule is COc1nc(-n2ccnc2CN)ncc1Br. The van der Waals surface area contributed by atoms with Crippen molar-refractivity contribution in [3.05, 3.63) is 28.9 Å². The lowest BCUT2D eigenvalue weighted by atomic mass is 10.6. The normalized spacial score (nSPS) is 10.4. The van der Waals surface area contributed by atoms with Gasteiger partial charge >= 0.3 is 0 Å². The Morgan fingerprint density at radius 1 is 1.50 bits per heavy atom. The molecule has 0 amide bonds. The smallest absolute Gasteiger partial charge is 0.238 e. The van der Waals surface area contributed by atoms with E-state index in [0.717, 1.165) is 0 Å². The van der Waals surface area contributed by atoms with E-state index in [1.807, 2.05) is 0 Å². The highest BCUT2D eigenvalue weighted by molar-refractivity contribution is 9.10. The number of nitrogens with two attached hydrogens (primary N) is 1. The lowest BCUT2D eigenvalue weighted by Crippen LogP contribution is -2.09. The zero-order chi connectivity index (χ0) is 11.5. The molecule has 84 valence electrons. The zero-order valence-electron chi connectivity index (χ0n) is 8.59. The van der Waals surface area contributed by atoms with Gasteiger partial charge in [0.2, 0.25) is 11.8 Å². The highest BCUT2D eigenvalue weighted by atomic mass is 79.9. The minimum absolute atomic E-state index is 0.328. The standard InChI is InChI=1S/C9H10BrN5O/c1-16-8-6(10)5-13-9(14-8)15-3-2-12-7(15)4-11/h2-3,5H,4,11H2,1H3. The predicted octanol–water partition coefficient (Wildman–Crippen LogP) is 0.892. The van der Waals surface area contributed by atoms with Gasteiger partial charge in [-0.3, -0.25) is 4.57 Å². The zero-order valence-corrected chi connectivity index (χ0v) is 10.2. The Hall–Kier alpha value is -1.47. The van der Waals surface area contributed by atoms with Crippen molar-refractivity contribution in [2.75, 3.05) is 7.11 Å². The summed E-state index contributed by atoms with van der Waals surface area (Å²) in [5.41, 5.74) is 5.55. The van der Waals surface area contributed by atoms with E-state index in [1.165, 1.54) is 0 Å². The summed E-state index contributed by atoms with van der Waals surface area (Å²) in [6.45, 7) is 0.328. The van der Waals surface area contributed by atoms with Crippen molar-refractivity contribution in [1.82, 2.24) is 19.5 Å². The first-order valence-corrected chi connectivity index (χ1v) is 5.34. The van der Waals surface area contributed by atoms with Crippen molar-refractivity contribution in [1.29, 1.82) is 0 Å². The molecule has 2 aromatic heterocycles. The summed E-state index contributed by atoms with van der Waals surface area (Å²) < 4.78 is 7.51. The van der Waals surface area contributed by atoms with Crippen molar-refractivity contribution in [3.8, 4) is 11.8 Å². The maximum atomic E-state index is 5.55. The van der Waals surface area contributed by atoms with E-state index in [0.29, 0.717) is 28.7 Å². The number of methoxy groups -OCH3 is 1. The van der Waals surface area contributed by atoms with Crippen molar-refractivity contribution in [3.63, 3.8) is 0 Å². The summed E-state index contributed by atoms with van der Waals surface area (Å²) in [5.74, 6) is 1.66. The molecule has 0 aliphatic heterocycles. The summed E-state index contributed by atoms with van der Waals surface area (Å²) >= 11 is 3.29.